The standard InChI is InChI=1S/C5H11NO/c1-6-4-3-5(4)7-2/h4-6H,3H2,1-2H3/t4?,5-/m1/s1. The van der Waals surface area contributed by atoms with Gasteiger partial charge < -0.3 is 10.1 Å². The predicted molar refractivity (Wildman–Crippen MR) is 28.3 cm³/mol. The number of hydrogen-bond acceptors (Lipinski definition) is 2. The zero-order chi connectivity index (χ0) is 5.28. The maximum atomic E-state index is 5.00. The molecule has 42 valence electrons. The molecule has 0 heterocycles. The lowest BCUT2D eigenvalue weighted by Gasteiger charge is -1.91. The molecule has 0 bridgehead atoms. The zero-order valence-electron chi connectivity index (χ0n) is 4.77. The Bertz CT molecular complexity index is 57.1. The van der Waals surface area contributed by atoms with Crippen molar-refractivity contribution in [3.05, 3.63) is 0 Å². The minimum absolute atomic E-state index is 0.505. The van der Waals surface area contributed by atoms with Gasteiger partial charge in [-0.05, 0) is 13.5 Å². The van der Waals surface area contributed by atoms with Crippen molar-refractivity contribution < 1.29 is 4.74 Å². The minimum atomic E-state index is 0.505. The van der Waals surface area contributed by atoms with Crippen molar-refractivity contribution in [2.45, 2.75) is 18.6 Å². The molecule has 1 aliphatic carbocycles. The van der Waals surface area contributed by atoms with Crippen molar-refractivity contribution in [2.75, 3.05) is 14.2 Å². The van der Waals surface area contributed by atoms with Crippen LogP contribution < -0.4 is 5.32 Å². The molecule has 0 radical (unpaired) electrons. The highest BCUT2D eigenvalue weighted by Gasteiger charge is 2.35. The normalized spacial score (nSPS) is 38.6. The lowest BCUT2D eigenvalue weighted by atomic mass is 10.7. The number of rotatable bonds is 2. The van der Waals surface area contributed by atoms with E-state index in [1.807, 2.05) is 7.05 Å². The highest BCUT2D eigenvalue weighted by Crippen LogP contribution is 2.22. The zero-order valence-corrected chi connectivity index (χ0v) is 4.77. The van der Waals surface area contributed by atoms with Gasteiger partial charge in [-0.2, -0.15) is 0 Å². The number of methoxy groups -OCH3 is 1. The van der Waals surface area contributed by atoms with Crippen molar-refractivity contribution in [1.29, 1.82) is 0 Å². The Kier molecular flexibility index (Phi) is 1.30. The average molecular weight is 101 g/mol. The summed E-state index contributed by atoms with van der Waals surface area (Å²) in [6.45, 7) is 0. The Morgan fingerprint density at radius 1 is 1.71 bits per heavy atom. The van der Waals surface area contributed by atoms with Gasteiger partial charge in [-0.1, -0.05) is 0 Å². The monoisotopic (exact) mass is 101 g/mol. The number of likely N-dealkylation sites (N-methyl/N-ethyl adjacent to an activating group) is 1. The van der Waals surface area contributed by atoms with Crippen LogP contribution in [0.5, 0.6) is 0 Å². The van der Waals surface area contributed by atoms with E-state index >= 15 is 0 Å². The van der Waals surface area contributed by atoms with Crippen molar-refractivity contribution >= 4 is 0 Å². The van der Waals surface area contributed by atoms with Gasteiger partial charge in [-0.3, -0.25) is 0 Å². The lowest BCUT2D eigenvalue weighted by molar-refractivity contribution is 0.175. The summed E-state index contributed by atoms with van der Waals surface area (Å²) in [6, 6.07) is 0.644. The average Bonchev–Trinajstić information content (AvgIpc) is 2.43. The maximum Gasteiger partial charge on any atom is 0.0740 e. The first-order valence-electron chi connectivity index (χ1n) is 2.58. The van der Waals surface area contributed by atoms with Gasteiger partial charge in [0.1, 0.15) is 0 Å². The molecule has 2 heteroatoms. The van der Waals surface area contributed by atoms with E-state index in [2.05, 4.69) is 5.32 Å². The third kappa shape index (κ3) is 0.924. The molecule has 0 aliphatic heterocycles. The van der Waals surface area contributed by atoms with E-state index in [9.17, 15) is 0 Å². The van der Waals surface area contributed by atoms with Crippen LogP contribution >= 0.6 is 0 Å². The molecule has 0 aromatic carbocycles. The Morgan fingerprint density at radius 3 is 2.57 bits per heavy atom. The molecule has 2 nitrogen and oxygen atoms in total. The Balaban J connectivity index is 2.06. The van der Waals surface area contributed by atoms with Crippen molar-refractivity contribution in [1.82, 2.24) is 5.32 Å². The van der Waals surface area contributed by atoms with Gasteiger partial charge in [-0.15, -0.1) is 0 Å². The molecule has 0 aromatic heterocycles. The summed E-state index contributed by atoms with van der Waals surface area (Å²) in [5.41, 5.74) is 0. The summed E-state index contributed by atoms with van der Waals surface area (Å²) >= 11 is 0. The number of ether oxygens (including phenoxy) is 1. The van der Waals surface area contributed by atoms with Crippen LogP contribution in [-0.4, -0.2) is 26.3 Å². The van der Waals surface area contributed by atoms with Crippen LogP contribution in [0.3, 0.4) is 0 Å². The van der Waals surface area contributed by atoms with Crippen molar-refractivity contribution in [2.24, 2.45) is 0 Å². The molecular weight excluding hydrogens is 90.1 g/mol. The first-order valence-corrected chi connectivity index (χ1v) is 2.58. The molecule has 0 saturated heterocycles. The van der Waals surface area contributed by atoms with Crippen LogP contribution in [-0.2, 0) is 4.74 Å². The summed E-state index contributed by atoms with van der Waals surface area (Å²) in [5, 5.41) is 3.11. The second kappa shape index (κ2) is 1.80. The van der Waals surface area contributed by atoms with Crippen LogP contribution in [0.25, 0.3) is 0 Å². The topological polar surface area (TPSA) is 21.3 Å². The Morgan fingerprint density at radius 2 is 2.43 bits per heavy atom. The van der Waals surface area contributed by atoms with E-state index < -0.39 is 0 Å². The predicted octanol–water partition coefficient (Wildman–Crippen LogP) is -0.00690. The van der Waals surface area contributed by atoms with Crippen LogP contribution in [0.1, 0.15) is 6.42 Å². The van der Waals surface area contributed by atoms with Gasteiger partial charge in [-0.25, -0.2) is 0 Å². The molecule has 0 amide bonds. The van der Waals surface area contributed by atoms with Crippen molar-refractivity contribution in [3.63, 3.8) is 0 Å². The van der Waals surface area contributed by atoms with E-state index in [1.54, 1.807) is 7.11 Å². The quantitative estimate of drug-likeness (QED) is 0.528. The fraction of sp³-hybridized carbons (Fsp3) is 1.00. The summed E-state index contributed by atoms with van der Waals surface area (Å²) < 4.78 is 5.00. The molecule has 2 atom stereocenters. The van der Waals surface area contributed by atoms with E-state index in [-0.39, 0.29) is 0 Å². The van der Waals surface area contributed by atoms with Crippen LogP contribution in [0.15, 0.2) is 0 Å². The molecule has 0 aromatic rings. The van der Waals surface area contributed by atoms with Gasteiger partial charge in [0.25, 0.3) is 0 Å². The van der Waals surface area contributed by atoms with Gasteiger partial charge in [0.2, 0.25) is 0 Å². The number of nitrogens with one attached hydrogen (secondary N) is 1. The van der Waals surface area contributed by atoms with Gasteiger partial charge in [0.15, 0.2) is 0 Å². The van der Waals surface area contributed by atoms with E-state index in [0.29, 0.717) is 12.1 Å². The number of hydrogen-bond donors (Lipinski definition) is 1. The van der Waals surface area contributed by atoms with Crippen LogP contribution in [0.4, 0.5) is 0 Å². The SMILES string of the molecule is CNC1C[C@H]1OC. The van der Waals surface area contributed by atoms with Crippen molar-refractivity contribution in [3.8, 4) is 0 Å². The maximum absolute atomic E-state index is 5.00. The fourth-order valence-electron chi connectivity index (χ4n) is 0.736. The van der Waals surface area contributed by atoms with Gasteiger partial charge in [0, 0.05) is 13.2 Å². The second-order valence-electron chi connectivity index (χ2n) is 1.91. The van der Waals surface area contributed by atoms with E-state index in [0.717, 1.165) is 0 Å². The van der Waals surface area contributed by atoms with Crippen LogP contribution in [0.2, 0.25) is 0 Å². The summed E-state index contributed by atoms with van der Waals surface area (Å²) in [6.07, 6.45) is 1.69. The first kappa shape index (κ1) is 5.06. The Hall–Kier alpha value is -0.0800. The largest absolute Gasteiger partial charge is 0.380 e. The van der Waals surface area contributed by atoms with Gasteiger partial charge >= 0.3 is 0 Å². The van der Waals surface area contributed by atoms with Gasteiger partial charge in [0.05, 0.1) is 6.10 Å². The van der Waals surface area contributed by atoms with E-state index in [4.69, 9.17) is 4.74 Å². The fourth-order valence-corrected chi connectivity index (χ4v) is 0.736. The molecule has 7 heavy (non-hydrogen) atoms. The van der Waals surface area contributed by atoms with Crippen LogP contribution in [0, 0.1) is 0 Å². The minimum Gasteiger partial charge on any atom is -0.380 e. The summed E-state index contributed by atoms with van der Waals surface area (Å²) in [7, 11) is 3.71. The Labute approximate surface area is 43.9 Å². The molecular formula is C5H11NO. The third-order valence-electron chi connectivity index (χ3n) is 1.41. The molecule has 1 rings (SSSR count). The molecule has 1 aliphatic rings. The molecule has 1 saturated carbocycles. The molecule has 0 spiro atoms. The highest BCUT2D eigenvalue weighted by molar-refractivity contribution is 4.93. The molecule has 1 unspecified atom stereocenters. The summed E-state index contributed by atoms with van der Waals surface area (Å²) in [4.78, 5) is 0. The summed E-state index contributed by atoms with van der Waals surface area (Å²) in [5.74, 6) is 0. The lowest BCUT2D eigenvalue weighted by Crippen LogP contribution is -2.13. The smallest absolute Gasteiger partial charge is 0.0740 e. The highest BCUT2D eigenvalue weighted by atomic mass is 16.5. The second-order valence-corrected chi connectivity index (χ2v) is 1.91. The molecule has 1 fully saturated rings. The van der Waals surface area contributed by atoms with E-state index in [1.165, 1.54) is 6.42 Å². The first-order chi connectivity index (χ1) is 3.38. The molecule has 1 N–H and O–H groups in total. The third-order valence-corrected chi connectivity index (χ3v) is 1.41.